The van der Waals surface area contributed by atoms with Crippen LogP contribution in [-0.2, 0) is 0 Å². The van der Waals surface area contributed by atoms with Crippen LogP contribution in [0.1, 0.15) is 56.1 Å². The molecule has 1 saturated heterocycles. The third kappa shape index (κ3) is 6.64. The van der Waals surface area contributed by atoms with Crippen molar-refractivity contribution in [1.29, 1.82) is 0 Å². The van der Waals surface area contributed by atoms with E-state index in [0.717, 1.165) is 61.5 Å². The highest BCUT2D eigenvalue weighted by atomic mass is 16.3. The number of phenols is 1. The largest absolute Gasteiger partial charge is 0.508 e. The molecule has 4 rings (SSSR count). The number of hydrogen-bond donors (Lipinski definition) is 4. The molecule has 34 heavy (non-hydrogen) atoms. The lowest BCUT2D eigenvalue weighted by Gasteiger charge is -2.32. The summed E-state index contributed by atoms with van der Waals surface area (Å²) >= 11 is 0. The van der Waals surface area contributed by atoms with E-state index >= 15 is 0 Å². The number of carbonyl (C=O) groups excluding carboxylic acids is 1. The van der Waals surface area contributed by atoms with E-state index in [4.69, 9.17) is 0 Å². The van der Waals surface area contributed by atoms with E-state index in [1.165, 1.54) is 5.56 Å². The van der Waals surface area contributed by atoms with Crippen molar-refractivity contribution in [2.75, 3.05) is 31.5 Å². The Labute approximate surface area is 202 Å². The third-order valence-electron chi connectivity index (χ3n) is 6.65. The van der Waals surface area contributed by atoms with Gasteiger partial charge in [-0.15, -0.1) is 0 Å². The number of aromatic hydroxyl groups is 1. The van der Waals surface area contributed by atoms with Crippen LogP contribution in [0, 0.1) is 0 Å². The minimum absolute atomic E-state index is 0.163. The summed E-state index contributed by atoms with van der Waals surface area (Å²) in [5, 5.41) is 19.0. The molecule has 0 aliphatic carbocycles. The van der Waals surface area contributed by atoms with Gasteiger partial charge in [0.25, 0.3) is 0 Å². The van der Waals surface area contributed by atoms with Crippen LogP contribution in [0.5, 0.6) is 5.75 Å². The van der Waals surface area contributed by atoms with E-state index in [1.807, 2.05) is 30.3 Å². The van der Waals surface area contributed by atoms with Gasteiger partial charge in [0, 0.05) is 29.5 Å². The van der Waals surface area contributed by atoms with Crippen LogP contribution in [0.25, 0.3) is 0 Å². The fourth-order valence-corrected chi connectivity index (χ4v) is 4.95. The number of anilines is 1. The molecule has 0 bridgehead atoms. The van der Waals surface area contributed by atoms with E-state index in [9.17, 15) is 9.90 Å². The molecule has 6 heteroatoms. The Bertz CT molecular complexity index is 1040. The summed E-state index contributed by atoms with van der Waals surface area (Å²) in [7, 11) is 0. The first-order valence-corrected chi connectivity index (χ1v) is 12.3. The molecule has 4 N–H and O–H groups in total. The predicted octanol–water partition coefficient (Wildman–Crippen LogP) is 5.28. The molecule has 2 aliphatic heterocycles. The number of piperidine rings is 1. The first-order valence-electron chi connectivity index (χ1n) is 12.3. The van der Waals surface area contributed by atoms with Gasteiger partial charge in [-0.1, -0.05) is 36.4 Å². The first kappa shape index (κ1) is 23.9. The van der Waals surface area contributed by atoms with Crippen LogP contribution in [0.2, 0.25) is 0 Å². The number of benzene rings is 2. The summed E-state index contributed by atoms with van der Waals surface area (Å²) in [6, 6.07) is 15.5. The topological polar surface area (TPSA) is 76.6 Å². The molecule has 0 radical (unpaired) electrons. The Kier molecular flexibility index (Phi) is 7.91. The lowest BCUT2D eigenvalue weighted by Crippen LogP contribution is -2.36. The number of likely N-dealkylation sites (tertiary alicyclic amines) is 1. The second kappa shape index (κ2) is 11.3. The fraction of sp³-hybridized carbons (Fsp3) is 0.393. The van der Waals surface area contributed by atoms with Crippen LogP contribution < -0.4 is 16.0 Å². The molecular weight excluding hydrogens is 424 g/mol. The number of dihydropyridines is 1. The lowest BCUT2D eigenvalue weighted by atomic mass is 9.89. The minimum atomic E-state index is -0.163. The van der Waals surface area contributed by atoms with Crippen molar-refractivity contribution < 1.29 is 9.90 Å². The Hall–Kier alpha value is -3.25. The maximum atomic E-state index is 12.4. The van der Waals surface area contributed by atoms with E-state index in [0.29, 0.717) is 18.2 Å². The number of allylic oxidation sites excluding steroid dienone is 4. The number of amides is 2. The summed E-state index contributed by atoms with van der Waals surface area (Å²) in [6.07, 6.45) is 7.52. The molecule has 2 amide bonds. The van der Waals surface area contributed by atoms with Gasteiger partial charge in [-0.05, 0) is 94.1 Å². The Balaban J connectivity index is 1.17. The number of nitrogens with zero attached hydrogens (tertiary/aromatic N) is 1. The second-order valence-electron chi connectivity index (χ2n) is 9.42. The van der Waals surface area contributed by atoms with Gasteiger partial charge in [-0.3, -0.25) is 0 Å². The van der Waals surface area contributed by atoms with Crippen molar-refractivity contribution in [3.05, 3.63) is 83.2 Å². The molecule has 1 fully saturated rings. The van der Waals surface area contributed by atoms with Crippen molar-refractivity contribution in [1.82, 2.24) is 15.5 Å². The molecule has 180 valence electrons. The highest BCUT2D eigenvalue weighted by Crippen LogP contribution is 2.30. The number of nitrogens with one attached hydrogen (secondary N) is 3. The van der Waals surface area contributed by atoms with Gasteiger partial charge in [0.1, 0.15) is 5.75 Å². The third-order valence-corrected chi connectivity index (χ3v) is 6.65. The van der Waals surface area contributed by atoms with Gasteiger partial charge in [-0.2, -0.15) is 0 Å². The average Bonchev–Trinajstić information content (AvgIpc) is 2.82. The summed E-state index contributed by atoms with van der Waals surface area (Å²) in [6.45, 7) is 7.87. The van der Waals surface area contributed by atoms with Crippen molar-refractivity contribution in [3.8, 4) is 5.75 Å². The Morgan fingerprint density at radius 2 is 1.74 bits per heavy atom. The molecule has 2 aromatic carbocycles. The van der Waals surface area contributed by atoms with Crippen LogP contribution in [0.4, 0.5) is 10.5 Å². The van der Waals surface area contributed by atoms with Crippen LogP contribution >= 0.6 is 0 Å². The van der Waals surface area contributed by atoms with Gasteiger partial charge in [0.05, 0.1) is 0 Å². The van der Waals surface area contributed by atoms with E-state index in [-0.39, 0.29) is 11.9 Å². The minimum Gasteiger partial charge on any atom is -0.508 e. The lowest BCUT2D eigenvalue weighted by molar-refractivity contribution is 0.209. The van der Waals surface area contributed by atoms with E-state index < -0.39 is 0 Å². The maximum Gasteiger partial charge on any atom is 0.319 e. The number of rotatable bonds is 7. The summed E-state index contributed by atoms with van der Waals surface area (Å²) in [5.74, 6) is 1.08. The molecule has 0 atom stereocenters. The van der Waals surface area contributed by atoms with Crippen LogP contribution in [0.3, 0.4) is 0 Å². The fourth-order valence-electron chi connectivity index (χ4n) is 4.95. The highest BCUT2D eigenvalue weighted by molar-refractivity contribution is 5.89. The zero-order valence-electron chi connectivity index (χ0n) is 20.2. The van der Waals surface area contributed by atoms with E-state index in [2.05, 4.69) is 59.0 Å². The molecule has 2 aromatic rings. The average molecular weight is 461 g/mol. The summed E-state index contributed by atoms with van der Waals surface area (Å²) < 4.78 is 0. The molecule has 2 heterocycles. The normalized spacial score (nSPS) is 17.5. The van der Waals surface area contributed by atoms with Crippen LogP contribution in [-0.4, -0.2) is 42.2 Å². The Morgan fingerprint density at radius 3 is 2.47 bits per heavy atom. The molecule has 0 aromatic heterocycles. The SMILES string of the molecule is CC1=CC(c2cccc(NC(=O)NCCCN3CCC(c4cccc(O)c4)CC3)c2)C=C(C)N1. The zero-order valence-corrected chi connectivity index (χ0v) is 20.2. The van der Waals surface area contributed by atoms with Gasteiger partial charge in [-0.25, -0.2) is 4.79 Å². The van der Waals surface area contributed by atoms with Crippen molar-refractivity contribution in [2.24, 2.45) is 0 Å². The van der Waals surface area contributed by atoms with Crippen molar-refractivity contribution >= 4 is 11.7 Å². The van der Waals surface area contributed by atoms with Gasteiger partial charge >= 0.3 is 6.03 Å². The summed E-state index contributed by atoms with van der Waals surface area (Å²) in [4.78, 5) is 14.9. The van der Waals surface area contributed by atoms with Crippen molar-refractivity contribution in [3.63, 3.8) is 0 Å². The maximum absolute atomic E-state index is 12.4. The van der Waals surface area contributed by atoms with Crippen molar-refractivity contribution in [2.45, 2.75) is 44.9 Å². The standard InChI is InChI=1S/C28H36N4O2/c1-20-16-25(17-21(2)30-20)23-6-3-8-26(18-23)31-28(34)29-12-5-13-32-14-10-22(11-15-32)24-7-4-9-27(33)19-24/h3-4,6-9,16-19,22,25,30,33H,5,10-15H2,1-2H3,(H2,29,31,34). The highest BCUT2D eigenvalue weighted by Gasteiger charge is 2.20. The van der Waals surface area contributed by atoms with Gasteiger partial charge in [0.15, 0.2) is 0 Å². The summed E-state index contributed by atoms with van der Waals surface area (Å²) in [5.41, 5.74) is 5.49. The van der Waals surface area contributed by atoms with Crippen LogP contribution in [0.15, 0.2) is 72.1 Å². The molecule has 2 aliphatic rings. The number of carbonyl (C=O) groups is 1. The second-order valence-corrected chi connectivity index (χ2v) is 9.42. The Morgan fingerprint density at radius 1 is 1.03 bits per heavy atom. The molecule has 6 nitrogen and oxygen atoms in total. The molecule has 0 spiro atoms. The van der Waals surface area contributed by atoms with Gasteiger partial charge < -0.3 is 26.0 Å². The quantitative estimate of drug-likeness (QED) is 0.424. The predicted molar refractivity (Wildman–Crippen MR) is 138 cm³/mol. The molecule has 0 unspecified atom stereocenters. The molecule has 0 saturated carbocycles. The number of urea groups is 1. The first-order chi connectivity index (χ1) is 16.5. The zero-order chi connectivity index (χ0) is 23.9. The number of hydrogen-bond acceptors (Lipinski definition) is 4. The smallest absolute Gasteiger partial charge is 0.319 e. The monoisotopic (exact) mass is 460 g/mol. The van der Waals surface area contributed by atoms with Gasteiger partial charge in [0.2, 0.25) is 0 Å². The molecular formula is C28H36N4O2. The number of phenolic OH excluding ortho intramolecular Hbond substituents is 1. The van der Waals surface area contributed by atoms with E-state index in [1.54, 1.807) is 6.07 Å².